The molecule has 0 bridgehead atoms. The van der Waals surface area contributed by atoms with Gasteiger partial charge in [-0.2, -0.15) is 0 Å². The number of nitrogens with zero attached hydrogens (tertiary/aromatic N) is 2. The number of imidazole rings is 1. The molecule has 2 aromatic rings. The minimum atomic E-state index is -0.746. The summed E-state index contributed by atoms with van der Waals surface area (Å²) in [6.07, 6.45) is 2.63. The summed E-state index contributed by atoms with van der Waals surface area (Å²) in [4.78, 5) is 4.53. The molecule has 0 saturated heterocycles. The Morgan fingerprint density at radius 3 is 2.89 bits per heavy atom. The summed E-state index contributed by atoms with van der Waals surface area (Å²) < 4.78 is 13.4. The van der Waals surface area contributed by atoms with Crippen molar-refractivity contribution in [3.8, 4) is 0 Å². The van der Waals surface area contributed by atoms with Gasteiger partial charge < -0.3 is 10.3 Å². The molecule has 0 radical (unpaired) electrons. The quantitative estimate of drug-likeness (QED) is 0.863. The van der Waals surface area contributed by atoms with E-state index in [1.54, 1.807) is 6.26 Å². The molecule has 2 unspecified atom stereocenters. The number of benzene rings is 1. The number of aromatic nitrogens is 2. The molecule has 0 amide bonds. The van der Waals surface area contributed by atoms with Crippen LogP contribution in [0.5, 0.6) is 0 Å². The number of fused-ring (bicyclic) bond motifs is 1. The van der Waals surface area contributed by atoms with Crippen molar-refractivity contribution in [2.45, 2.75) is 26.3 Å². The van der Waals surface area contributed by atoms with E-state index in [0.29, 0.717) is 6.04 Å². The summed E-state index contributed by atoms with van der Waals surface area (Å²) >= 11 is 0. The van der Waals surface area contributed by atoms with Crippen LogP contribution < -0.4 is 5.73 Å². The summed E-state index contributed by atoms with van der Waals surface area (Å²) in [5, 5.41) is 0. The Morgan fingerprint density at radius 1 is 1.50 bits per heavy atom. The summed E-state index contributed by atoms with van der Waals surface area (Å²) in [7, 11) is -0.746. The monoisotopic (exact) mass is 265 g/mol. The third-order valence-corrected chi connectivity index (χ3v) is 3.96. The van der Waals surface area contributed by atoms with Gasteiger partial charge in [-0.05, 0) is 38.5 Å². The van der Waals surface area contributed by atoms with Crippen LogP contribution in [0.3, 0.4) is 0 Å². The Hall–Kier alpha value is -1.36. The Labute approximate surface area is 110 Å². The summed E-state index contributed by atoms with van der Waals surface area (Å²) in [6, 6.07) is 6.08. The first-order chi connectivity index (χ1) is 8.49. The number of rotatable bonds is 4. The molecular formula is C13H19N3OS. The van der Waals surface area contributed by atoms with E-state index in [0.717, 1.165) is 34.7 Å². The standard InChI is InChI=1S/C13H19N3OS/c1-9(6-7-18(3)17)16-10(2)15-12-8-11(14)4-5-13(12)16/h4-5,8-9H,6-7,14H2,1-3H3. The van der Waals surface area contributed by atoms with Crippen LogP contribution in [0.25, 0.3) is 11.0 Å². The van der Waals surface area contributed by atoms with Gasteiger partial charge in [0, 0.05) is 34.5 Å². The Bertz CT molecular complexity index is 591. The van der Waals surface area contributed by atoms with Crippen molar-refractivity contribution in [3.63, 3.8) is 0 Å². The topological polar surface area (TPSA) is 60.9 Å². The van der Waals surface area contributed by atoms with Crippen molar-refractivity contribution >= 4 is 27.5 Å². The Kier molecular flexibility index (Phi) is 3.71. The second-order valence-corrected chi connectivity index (χ2v) is 6.25. The molecule has 2 N–H and O–H groups in total. The lowest BCUT2D eigenvalue weighted by molar-refractivity contribution is 0.533. The van der Waals surface area contributed by atoms with E-state index in [4.69, 9.17) is 5.73 Å². The summed E-state index contributed by atoms with van der Waals surface area (Å²) in [5.74, 6) is 1.69. The molecule has 2 rings (SSSR count). The molecule has 1 aromatic heterocycles. The van der Waals surface area contributed by atoms with E-state index in [1.807, 2.05) is 25.1 Å². The van der Waals surface area contributed by atoms with Gasteiger partial charge in [0.25, 0.3) is 0 Å². The molecule has 18 heavy (non-hydrogen) atoms. The normalized spacial score (nSPS) is 14.8. The average Bonchev–Trinajstić information content (AvgIpc) is 2.61. The molecule has 0 saturated carbocycles. The molecule has 1 heterocycles. The maximum atomic E-state index is 11.2. The van der Waals surface area contributed by atoms with Crippen molar-refractivity contribution in [3.05, 3.63) is 24.0 Å². The molecule has 0 aliphatic carbocycles. The summed E-state index contributed by atoms with van der Waals surface area (Å²) in [5.41, 5.74) is 8.52. The molecule has 0 fully saturated rings. The highest BCUT2D eigenvalue weighted by Crippen LogP contribution is 2.24. The van der Waals surface area contributed by atoms with E-state index in [1.165, 1.54) is 0 Å². The van der Waals surface area contributed by atoms with Gasteiger partial charge in [-0.3, -0.25) is 4.21 Å². The van der Waals surface area contributed by atoms with Gasteiger partial charge >= 0.3 is 0 Å². The highest BCUT2D eigenvalue weighted by atomic mass is 32.2. The van der Waals surface area contributed by atoms with Gasteiger partial charge in [0.2, 0.25) is 0 Å². The second-order valence-electron chi connectivity index (χ2n) is 4.69. The third kappa shape index (κ3) is 2.56. The molecule has 4 nitrogen and oxygen atoms in total. The predicted molar refractivity (Wildman–Crippen MR) is 77.1 cm³/mol. The Morgan fingerprint density at radius 2 is 2.22 bits per heavy atom. The van der Waals surface area contributed by atoms with Gasteiger partial charge in [-0.15, -0.1) is 0 Å². The van der Waals surface area contributed by atoms with Crippen molar-refractivity contribution in [2.24, 2.45) is 0 Å². The number of nitrogen functional groups attached to an aromatic ring is 1. The fraction of sp³-hybridized carbons (Fsp3) is 0.462. The van der Waals surface area contributed by atoms with E-state index in [-0.39, 0.29) is 0 Å². The first-order valence-electron chi connectivity index (χ1n) is 6.03. The van der Waals surface area contributed by atoms with Crippen molar-refractivity contribution in [2.75, 3.05) is 17.7 Å². The van der Waals surface area contributed by atoms with Crippen LogP contribution in [0, 0.1) is 6.92 Å². The Balaban J connectivity index is 2.37. The fourth-order valence-corrected chi connectivity index (χ4v) is 2.93. The van der Waals surface area contributed by atoms with Crippen LogP contribution >= 0.6 is 0 Å². The number of hydrogen-bond acceptors (Lipinski definition) is 3. The first-order valence-corrected chi connectivity index (χ1v) is 7.76. The van der Waals surface area contributed by atoms with Crippen molar-refractivity contribution in [1.29, 1.82) is 0 Å². The average molecular weight is 265 g/mol. The van der Waals surface area contributed by atoms with Crippen LogP contribution in [0.4, 0.5) is 5.69 Å². The van der Waals surface area contributed by atoms with E-state index >= 15 is 0 Å². The van der Waals surface area contributed by atoms with E-state index in [2.05, 4.69) is 16.5 Å². The molecule has 98 valence electrons. The summed E-state index contributed by atoms with van der Waals surface area (Å²) in [6.45, 7) is 4.13. The van der Waals surface area contributed by atoms with Gasteiger partial charge in [0.1, 0.15) is 5.82 Å². The molecule has 0 aliphatic heterocycles. The third-order valence-electron chi connectivity index (χ3n) is 3.15. The smallest absolute Gasteiger partial charge is 0.106 e. The van der Waals surface area contributed by atoms with Crippen LogP contribution in [0.1, 0.15) is 25.2 Å². The van der Waals surface area contributed by atoms with Gasteiger partial charge in [-0.25, -0.2) is 4.98 Å². The van der Waals surface area contributed by atoms with Crippen LogP contribution in [-0.4, -0.2) is 25.8 Å². The highest BCUT2D eigenvalue weighted by Gasteiger charge is 2.13. The minimum absolute atomic E-state index is 0.294. The van der Waals surface area contributed by atoms with E-state index in [9.17, 15) is 4.21 Å². The van der Waals surface area contributed by atoms with Gasteiger partial charge in [-0.1, -0.05) is 0 Å². The van der Waals surface area contributed by atoms with Crippen LogP contribution in [0.2, 0.25) is 0 Å². The lowest BCUT2D eigenvalue weighted by atomic mass is 10.2. The fourth-order valence-electron chi connectivity index (χ4n) is 2.26. The molecule has 2 atom stereocenters. The number of nitrogens with two attached hydrogens (primary N) is 1. The van der Waals surface area contributed by atoms with Gasteiger partial charge in [0.15, 0.2) is 0 Å². The maximum absolute atomic E-state index is 11.2. The van der Waals surface area contributed by atoms with Crippen LogP contribution in [0.15, 0.2) is 18.2 Å². The highest BCUT2D eigenvalue weighted by molar-refractivity contribution is 7.84. The number of hydrogen-bond donors (Lipinski definition) is 1. The SMILES string of the molecule is Cc1nc2cc(N)ccc2n1C(C)CCS(C)=O. The number of anilines is 1. The zero-order valence-corrected chi connectivity index (χ0v) is 11.8. The predicted octanol–water partition coefficient (Wildman–Crippen LogP) is 2.26. The largest absolute Gasteiger partial charge is 0.399 e. The van der Waals surface area contributed by atoms with Crippen molar-refractivity contribution in [1.82, 2.24) is 9.55 Å². The van der Waals surface area contributed by atoms with Crippen LogP contribution in [-0.2, 0) is 10.8 Å². The van der Waals surface area contributed by atoms with E-state index < -0.39 is 10.8 Å². The molecule has 1 aromatic carbocycles. The lowest BCUT2D eigenvalue weighted by Gasteiger charge is -2.15. The zero-order chi connectivity index (χ0) is 13.3. The van der Waals surface area contributed by atoms with Crippen molar-refractivity contribution < 1.29 is 4.21 Å². The minimum Gasteiger partial charge on any atom is -0.399 e. The molecule has 0 aliphatic rings. The lowest BCUT2D eigenvalue weighted by Crippen LogP contribution is -2.10. The molecule has 5 heteroatoms. The molecule has 0 spiro atoms. The second kappa shape index (κ2) is 5.10. The zero-order valence-electron chi connectivity index (χ0n) is 11.0. The maximum Gasteiger partial charge on any atom is 0.106 e. The number of aryl methyl sites for hydroxylation is 1. The first kappa shape index (κ1) is 13.1. The van der Waals surface area contributed by atoms with Gasteiger partial charge in [0.05, 0.1) is 11.0 Å². The molecular weight excluding hydrogens is 246 g/mol.